The van der Waals surface area contributed by atoms with Gasteiger partial charge in [0, 0.05) is 24.2 Å². The van der Waals surface area contributed by atoms with E-state index in [4.69, 9.17) is 9.47 Å². The maximum Gasteiger partial charge on any atom is 0.310 e. The highest BCUT2D eigenvalue weighted by molar-refractivity contribution is 5.72. The van der Waals surface area contributed by atoms with Gasteiger partial charge in [0.05, 0.1) is 18.0 Å². The van der Waals surface area contributed by atoms with Crippen molar-refractivity contribution in [3.63, 3.8) is 0 Å². The molecular formula is C25H26N2O5. The monoisotopic (exact) mass is 434 g/mol. The molecule has 0 aliphatic heterocycles. The Balaban J connectivity index is 1.70. The molecule has 0 amide bonds. The van der Waals surface area contributed by atoms with E-state index in [-0.39, 0.29) is 18.1 Å². The second kappa shape index (κ2) is 11.6. The van der Waals surface area contributed by atoms with Crippen molar-refractivity contribution in [3.8, 4) is 11.5 Å². The fraction of sp³-hybridized carbons (Fsp3) is 0.240. The Bertz CT molecular complexity index is 1050. The summed E-state index contributed by atoms with van der Waals surface area (Å²) in [5.74, 6) is 0.769. The van der Waals surface area contributed by atoms with Crippen molar-refractivity contribution in [2.24, 2.45) is 0 Å². The highest BCUT2D eigenvalue weighted by atomic mass is 16.6. The second-order valence-corrected chi connectivity index (χ2v) is 7.19. The summed E-state index contributed by atoms with van der Waals surface area (Å²) in [6, 6.07) is 21.8. The fourth-order valence-corrected chi connectivity index (χ4v) is 3.24. The maximum atomic E-state index is 11.8. The molecule has 32 heavy (non-hydrogen) atoms. The number of nitro benzene ring substituents is 1. The van der Waals surface area contributed by atoms with Crippen LogP contribution < -0.4 is 10.1 Å². The molecule has 0 bridgehead atoms. The lowest BCUT2D eigenvalue weighted by Crippen LogP contribution is -2.17. The Morgan fingerprint density at radius 2 is 1.78 bits per heavy atom. The van der Waals surface area contributed by atoms with Crippen LogP contribution in [0.4, 0.5) is 5.69 Å². The SMILES string of the molecule is CCOC(=O)Cc1cccc(Oc2ccc([N+](=O)[O-])cc2CNCCc2ccccc2)c1. The van der Waals surface area contributed by atoms with Gasteiger partial charge in [0.1, 0.15) is 11.5 Å². The molecule has 0 aromatic heterocycles. The molecule has 3 rings (SSSR count). The minimum atomic E-state index is -0.419. The topological polar surface area (TPSA) is 90.7 Å². The van der Waals surface area contributed by atoms with Crippen molar-refractivity contribution in [3.05, 3.63) is 99.6 Å². The van der Waals surface area contributed by atoms with Gasteiger partial charge in [0.2, 0.25) is 0 Å². The number of hydrogen-bond donors (Lipinski definition) is 1. The van der Waals surface area contributed by atoms with Crippen molar-refractivity contribution < 1.29 is 19.2 Å². The number of esters is 1. The van der Waals surface area contributed by atoms with Gasteiger partial charge in [-0.3, -0.25) is 14.9 Å². The van der Waals surface area contributed by atoms with Crippen LogP contribution in [0.2, 0.25) is 0 Å². The first-order chi connectivity index (χ1) is 15.5. The number of benzene rings is 3. The zero-order chi connectivity index (χ0) is 22.8. The number of carbonyl (C=O) groups is 1. The molecule has 0 spiro atoms. The van der Waals surface area contributed by atoms with Gasteiger partial charge in [-0.25, -0.2) is 0 Å². The number of nitrogens with zero attached hydrogens (tertiary/aromatic N) is 1. The quantitative estimate of drug-likeness (QED) is 0.201. The molecule has 0 saturated heterocycles. The van der Waals surface area contributed by atoms with Crippen molar-refractivity contribution >= 4 is 11.7 Å². The van der Waals surface area contributed by atoms with E-state index in [0.717, 1.165) is 18.5 Å². The van der Waals surface area contributed by atoms with Crippen molar-refractivity contribution in [2.75, 3.05) is 13.2 Å². The van der Waals surface area contributed by atoms with E-state index < -0.39 is 4.92 Å². The van der Waals surface area contributed by atoms with Gasteiger partial charge in [0.15, 0.2) is 0 Å². The van der Waals surface area contributed by atoms with Crippen LogP contribution >= 0.6 is 0 Å². The van der Waals surface area contributed by atoms with Gasteiger partial charge in [-0.15, -0.1) is 0 Å². The van der Waals surface area contributed by atoms with Gasteiger partial charge >= 0.3 is 5.97 Å². The zero-order valence-electron chi connectivity index (χ0n) is 18.0. The molecule has 0 atom stereocenters. The molecule has 0 fully saturated rings. The summed E-state index contributed by atoms with van der Waals surface area (Å²) >= 11 is 0. The highest BCUT2D eigenvalue weighted by Gasteiger charge is 2.13. The van der Waals surface area contributed by atoms with Crippen LogP contribution in [0, 0.1) is 10.1 Å². The summed E-state index contributed by atoms with van der Waals surface area (Å²) in [5, 5.41) is 14.6. The van der Waals surface area contributed by atoms with Crippen LogP contribution in [0.1, 0.15) is 23.6 Å². The molecule has 3 aromatic carbocycles. The normalized spacial score (nSPS) is 10.5. The molecule has 1 N–H and O–H groups in total. The lowest BCUT2D eigenvalue weighted by molar-refractivity contribution is -0.384. The summed E-state index contributed by atoms with van der Waals surface area (Å²) in [4.78, 5) is 22.6. The summed E-state index contributed by atoms with van der Waals surface area (Å²) < 4.78 is 11.0. The molecule has 0 heterocycles. The van der Waals surface area contributed by atoms with E-state index in [0.29, 0.717) is 30.2 Å². The van der Waals surface area contributed by atoms with E-state index in [2.05, 4.69) is 17.4 Å². The van der Waals surface area contributed by atoms with Crippen molar-refractivity contribution in [2.45, 2.75) is 26.3 Å². The average Bonchev–Trinajstić information content (AvgIpc) is 2.78. The van der Waals surface area contributed by atoms with Crippen LogP contribution in [0.3, 0.4) is 0 Å². The number of carbonyl (C=O) groups excluding carboxylic acids is 1. The molecule has 7 nitrogen and oxygen atoms in total. The Hall–Kier alpha value is -3.71. The Morgan fingerprint density at radius 1 is 1.00 bits per heavy atom. The number of non-ortho nitro benzene ring substituents is 1. The highest BCUT2D eigenvalue weighted by Crippen LogP contribution is 2.29. The first kappa shape index (κ1) is 23.0. The number of ether oxygens (including phenoxy) is 2. The number of rotatable bonds is 11. The molecule has 0 radical (unpaired) electrons. The second-order valence-electron chi connectivity index (χ2n) is 7.19. The molecule has 166 valence electrons. The number of nitrogens with one attached hydrogen (secondary N) is 1. The van der Waals surface area contributed by atoms with E-state index >= 15 is 0 Å². The molecule has 0 aliphatic rings. The van der Waals surface area contributed by atoms with Gasteiger partial charge in [-0.05, 0) is 49.2 Å². The Morgan fingerprint density at radius 3 is 2.53 bits per heavy atom. The van der Waals surface area contributed by atoms with Crippen molar-refractivity contribution in [1.29, 1.82) is 0 Å². The lowest BCUT2D eigenvalue weighted by atomic mass is 10.1. The minimum Gasteiger partial charge on any atom is -0.466 e. The molecule has 0 unspecified atom stereocenters. The summed E-state index contributed by atoms with van der Waals surface area (Å²) in [7, 11) is 0. The van der Waals surface area contributed by atoms with E-state index in [9.17, 15) is 14.9 Å². The van der Waals surface area contributed by atoms with Gasteiger partial charge in [-0.1, -0.05) is 42.5 Å². The van der Waals surface area contributed by atoms with Crippen molar-refractivity contribution in [1.82, 2.24) is 5.32 Å². The molecule has 7 heteroatoms. The smallest absolute Gasteiger partial charge is 0.310 e. The van der Waals surface area contributed by atoms with Crippen LogP contribution in [-0.2, 0) is 28.9 Å². The molecule has 0 aliphatic carbocycles. The third kappa shape index (κ3) is 6.92. The molecule has 0 saturated carbocycles. The average molecular weight is 434 g/mol. The largest absolute Gasteiger partial charge is 0.466 e. The zero-order valence-corrected chi connectivity index (χ0v) is 18.0. The van der Waals surface area contributed by atoms with Crippen LogP contribution in [0.15, 0.2) is 72.8 Å². The predicted octanol–water partition coefficient (Wildman–Crippen LogP) is 4.83. The van der Waals surface area contributed by atoms with Crippen LogP contribution in [0.25, 0.3) is 0 Å². The Labute approximate surface area is 187 Å². The first-order valence-electron chi connectivity index (χ1n) is 10.5. The van der Waals surface area contributed by atoms with E-state index in [1.54, 1.807) is 31.2 Å². The van der Waals surface area contributed by atoms with E-state index in [1.807, 2.05) is 24.3 Å². The van der Waals surface area contributed by atoms with Crippen LogP contribution in [0.5, 0.6) is 11.5 Å². The predicted molar refractivity (Wildman–Crippen MR) is 122 cm³/mol. The van der Waals surface area contributed by atoms with Crippen LogP contribution in [-0.4, -0.2) is 24.0 Å². The summed E-state index contributed by atoms with van der Waals surface area (Å²) in [6.45, 7) is 3.24. The molecule has 3 aromatic rings. The minimum absolute atomic E-state index is 0.00766. The summed E-state index contributed by atoms with van der Waals surface area (Å²) in [6.07, 6.45) is 1.00. The van der Waals surface area contributed by atoms with Gasteiger partial charge < -0.3 is 14.8 Å². The van der Waals surface area contributed by atoms with Gasteiger partial charge in [0.25, 0.3) is 5.69 Å². The third-order valence-electron chi connectivity index (χ3n) is 4.78. The Kier molecular flexibility index (Phi) is 8.34. The van der Waals surface area contributed by atoms with Gasteiger partial charge in [-0.2, -0.15) is 0 Å². The molecular weight excluding hydrogens is 408 g/mol. The maximum absolute atomic E-state index is 11.8. The summed E-state index contributed by atoms with van der Waals surface area (Å²) in [5.41, 5.74) is 2.68. The number of nitro groups is 1. The van der Waals surface area contributed by atoms with E-state index in [1.165, 1.54) is 17.7 Å². The first-order valence-corrected chi connectivity index (χ1v) is 10.5. The third-order valence-corrected chi connectivity index (χ3v) is 4.78. The fourth-order valence-electron chi connectivity index (χ4n) is 3.24. The number of hydrogen-bond acceptors (Lipinski definition) is 6. The lowest BCUT2D eigenvalue weighted by Gasteiger charge is -2.13. The standard InChI is InChI=1S/C25H26N2O5/c1-2-31-25(28)16-20-9-6-10-23(15-20)32-24-12-11-22(27(29)30)17-21(24)18-26-14-13-19-7-4-3-5-8-19/h3-12,15,17,26H,2,13-14,16,18H2,1H3.